The maximum absolute atomic E-state index is 13.0. The van der Waals surface area contributed by atoms with Crippen LogP contribution in [0.5, 0.6) is 0 Å². The first-order valence-corrected chi connectivity index (χ1v) is 8.78. The monoisotopic (exact) mass is 330 g/mol. The van der Waals surface area contributed by atoms with E-state index in [0.29, 0.717) is 30.8 Å². The zero-order valence-electron chi connectivity index (χ0n) is 14.5. The quantitative estimate of drug-likeness (QED) is 0.923. The number of aryl methyl sites for hydroxylation is 1. The van der Waals surface area contributed by atoms with Crippen LogP contribution < -0.4 is 4.90 Å². The van der Waals surface area contributed by atoms with Crippen molar-refractivity contribution in [2.24, 2.45) is 0 Å². The molecule has 2 fully saturated rings. The van der Waals surface area contributed by atoms with Crippen LogP contribution in [0.15, 0.2) is 18.2 Å². The molecule has 1 aliphatic heterocycles. The summed E-state index contributed by atoms with van der Waals surface area (Å²) < 4.78 is 0. The van der Waals surface area contributed by atoms with E-state index in [1.807, 2.05) is 25.1 Å². The summed E-state index contributed by atoms with van der Waals surface area (Å²) in [6.07, 6.45) is 4.88. The summed E-state index contributed by atoms with van der Waals surface area (Å²) in [6.45, 7) is 2.94. The SMILES string of the molecule is Cc1ccc(N2CCCC2=O)c(C(=O)N(C)CC2(O)CCCC2)c1. The van der Waals surface area contributed by atoms with Gasteiger partial charge in [0.25, 0.3) is 5.91 Å². The van der Waals surface area contributed by atoms with E-state index in [4.69, 9.17) is 0 Å². The van der Waals surface area contributed by atoms with Crippen LogP contribution in [-0.2, 0) is 4.79 Å². The Balaban J connectivity index is 1.85. The minimum Gasteiger partial charge on any atom is -0.388 e. The van der Waals surface area contributed by atoms with Crippen molar-refractivity contribution in [3.8, 4) is 0 Å². The molecule has 3 rings (SSSR count). The molecule has 1 aliphatic carbocycles. The zero-order valence-corrected chi connectivity index (χ0v) is 14.5. The average Bonchev–Trinajstić information content (AvgIpc) is 3.15. The normalized spacial score (nSPS) is 19.8. The Morgan fingerprint density at radius 1 is 1.29 bits per heavy atom. The van der Waals surface area contributed by atoms with Crippen LogP contribution in [0.2, 0.25) is 0 Å². The summed E-state index contributed by atoms with van der Waals surface area (Å²) >= 11 is 0. The molecule has 2 amide bonds. The van der Waals surface area contributed by atoms with Crippen LogP contribution in [-0.4, -0.2) is 47.6 Å². The predicted molar refractivity (Wildman–Crippen MR) is 93.1 cm³/mol. The van der Waals surface area contributed by atoms with Crippen LogP contribution in [0.3, 0.4) is 0 Å². The van der Waals surface area contributed by atoms with Crippen molar-refractivity contribution in [3.63, 3.8) is 0 Å². The summed E-state index contributed by atoms with van der Waals surface area (Å²) in [7, 11) is 1.73. The standard InChI is InChI=1S/C19H26N2O3/c1-14-7-8-16(21-11-5-6-17(21)22)15(12-14)18(23)20(2)13-19(24)9-3-4-10-19/h7-8,12,24H,3-6,9-11,13H2,1-2H3. The topological polar surface area (TPSA) is 60.9 Å². The number of rotatable bonds is 4. The second-order valence-electron chi connectivity index (χ2n) is 7.26. The Bertz CT molecular complexity index is 650. The molecule has 130 valence electrons. The van der Waals surface area contributed by atoms with E-state index in [0.717, 1.165) is 37.7 Å². The van der Waals surface area contributed by atoms with Gasteiger partial charge in [-0.1, -0.05) is 24.5 Å². The summed E-state index contributed by atoms with van der Waals surface area (Å²) in [4.78, 5) is 28.4. The lowest BCUT2D eigenvalue weighted by molar-refractivity contribution is -0.117. The van der Waals surface area contributed by atoms with E-state index in [9.17, 15) is 14.7 Å². The van der Waals surface area contributed by atoms with E-state index < -0.39 is 5.60 Å². The number of nitrogens with zero attached hydrogens (tertiary/aromatic N) is 2. The first kappa shape index (κ1) is 17.0. The molecule has 0 unspecified atom stereocenters. The number of benzene rings is 1. The molecule has 1 saturated carbocycles. The number of carbonyl (C=O) groups excluding carboxylic acids is 2. The maximum Gasteiger partial charge on any atom is 0.255 e. The van der Waals surface area contributed by atoms with Crippen LogP contribution in [0.4, 0.5) is 5.69 Å². The third-order valence-corrected chi connectivity index (χ3v) is 5.16. The average molecular weight is 330 g/mol. The molecule has 5 nitrogen and oxygen atoms in total. The van der Waals surface area contributed by atoms with E-state index in [1.165, 1.54) is 0 Å². The van der Waals surface area contributed by atoms with Crippen LogP contribution in [0, 0.1) is 6.92 Å². The Morgan fingerprint density at radius 3 is 2.62 bits per heavy atom. The highest BCUT2D eigenvalue weighted by molar-refractivity contribution is 6.05. The van der Waals surface area contributed by atoms with E-state index >= 15 is 0 Å². The molecular formula is C19H26N2O3. The van der Waals surface area contributed by atoms with Gasteiger partial charge in [0.05, 0.1) is 16.9 Å². The summed E-state index contributed by atoms with van der Waals surface area (Å²) in [5, 5.41) is 10.6. The first-order valence-electron chi connectivity index (χ1n) is 8.78. The van der Waals surface area contributed by atoms with Crippen LogP contribution >= 0.6 is 0 Å². The summed E-state index contributed by atoms with van der Waals surface area (Å²) in [5.41, 5.74) is 1.46. The maximum atomic E-state index is 13.0. The van der Waals surface area contributed by atoms with Crippen molar-refractivity contribution in [2.45, 2.75) is 51.0 Å². The minimum absolute atomic E-state index is 0.0741. The van der Waals surface area contributed by atoms with Gasteiger partial charge in [0.15, 0.2) is 0 Å². The third kappa shape index (κ3) is 3.31. The number of aliphatic hydroxyl groups is 1. The second kappa shape index (κ2) is 6.55. The van der Waals surface area contributed by atoms with Gasteiger partial charge in [0.2, 0.25) is 5.91 Å². The van der Waals surface area contributed by atoms with Crippen molar-refractivity contribution >= 4 is 17.5 Å². The number of amides is 2. The van der Waals surface area contributed by atoms with Crippen molar-refractivity contribution in [1.29, 1.82) is 0 Å². The van der Waals surface area contributed by atoms with Gasteiger partial charge in [0.1, 0.15) is 0 Å². The fraction of sp³-hybridized carbons (Fsp3) is 0.579. The molecule has 1 saturated heterocycles. The van der Waals surface area contributed by atoms with Crippen molar-refractivity contribution in [1.82, 2.24) is 4.90 Å². The number of anilines is 1. The van der Waals surface area contributed by atoms with Gasteiger partial charge in [-0.25, -0.2) is 0 Å². The van der Waals surface area contributed by atoms with Crippen molar-refractivity contribution in [3.05, 3.63) is 29.3 Å². The van der Waals surface area contributed by atoms with Gasteiger partial charge in [-0.05, 0) is 38.3 Å². The highest BCUT2D eigenvalue weighted by Crippen LogP contribution is 2.32. The molecule has 0 atom stereocenters. The second-order valence-corrected chi connectivity index (χ2v) is 7.26. The fourth-order valence-electron chi connectivity index (χ4n) is 3.87. The molecule has 1 N–H and O–H groups in total. The van der Waals surface area contributed by atoms with Gasteiger partial charge < -0.3 is 14.9 Å². The van der Waals surface area contributed by atoms with Gasteiger partial charge in [-0.15, -0.1) is 0 Å². The Labute approximate surface area is 143 Å². The molecule has 1 heterocycles. The van der Waals surface area contributed by atoms with Gasteiger partial charge in [-0.3, -0.25) is 9.59 Å². The fourth-order valence-corrected chi connectivity index (χ4v) is 3.87. The predicted octanol–water partition coefficient (Wildman–Crippen LogP) is 2.50. The summed E-state index contributed by atoms with van der Waals surface area (Å²) in [6, 6.07) is 5.64. The molecule has 0 radical (unpaired) electrons. The van der Waals surface area contributed by atoms with Gasteiger partial charge >= 0.3 is 0 Å². The van der Waals surface area contributed by atoms with Crippen LogP contribution in [0.25, 0.3) is 0 Å². The molecular weight excluding hydrogens is 304 g/mol. The molecule has 0 spiro atoms. The molecule has 24 heavy (non-hydrogen) atoms. The van der Waals surface area contributed by atoms with Crippen LogP contribution in [0.1, 0.15) is 54.4 Å². The van der Waals surface area contributed by atoms with E-state index in [-0.39, 0.29) is 11.8 Å². The molecule has 0 aromatic heterocycles. The van der Waals surface area contributed by atoms with E-state index in [1.54, 1.807) is 16.8 Å². The van der Waals surface area contributed by atoms with Gasteiger partial charge in [0, 0.05) is 26.6 Å². The van der Waals surface area contributed by atoms with Gasteiger partial charge in [-0.2, -0.15) is 0 Å². The lowest BCUT2D eigenvalue weighted by Crippen LogP contribution is -2.42. The smallest absolute Gasteiger partial charge is 0.255 e. The Morgan fingerprint density at radius 2 is 2.00 bits per heavy atom. The molecule has 1 aromatic rings. The lowest BCUT2D eigenvalue weighted by atomic mass is 10.0. The molecule has 2 aliphatic rings. The number of hydrogen-bond donors (Lipinski definition) is 1. The Hall–Kier alpha value is -1.88. The largest absolute Gasteiger partial charge is 0.388 e. The van der Waals surface area contributed by atoms with E-state index in [2.05, 4.69) is 0 Å². The molecule has 1 aromatic carbocycles. The lowest BCUT2D eigenvalue weighted by Gasteiger charge is -2.30. The first-order chi connectivity index (χ1) is 11.4. The number of carbonyl (C=O) groups is 2. The summed E-state index contributed by atoms with van der Waals surface area (Å²) in [5.74, 6) is -0.0568. The van der Waals surface area contributed by atoms with Crippen molar-refractivity contribution < 1.29 is 14.7 Å². The number of likely N-dealkylation sites (N-methyl/N-ethyl adjacent to an activating group) is 1. The molecule has 5 heteroatoms. The Kier molecular flexibility index (Phi) is 4.63. The third-order valence-electron chi connectivity index (χ3n) is 5.16. The van der Waals surface area contributed by atoms with Crippen molar-refractivity contribution in [2.75, 3.05) is 25.0 Å². The highest BCUT2D eigenvalue weighted by Gasteiger charge is 2.34. The highest BCUT2D eigenvalue weighted by atomic mass is 16.3. The zero-order chi connectivity index (χ0) is 17.3. The number of hydrogen-bond acceptors (Lipinski definition) is 3. The molecule has 0 bridgehead atoms. The minimum atomic E-state index is -0.766.